The normalized spacial score (nSPS) is 15.9. The minimum Gasteiger partial charge on any atom is -0.493 e. The highest BCUT2D eigenvalue weighted by Crippen LogP contribution is 2.16. The van der Waals surface area contributed by atoms with Gasteiger partial charge in [-0.2, -0.15) is 4.31 Å². The van der Waals surface area contributed by atoms with Crippen molar-refractivity contribution in [2.75, 3.05) is 46.4 Å². The summed E-state index contributed by atoms with van der Waals surface area (Å²) in [6.07, 6.45) is 2.21. The lowest BCUT2D eigenvalue weighted by Crippen LogP contribution is -2.54. The summed E-state index contributed by atoms with van der Waals surface area (Å²) in [4.78, 5) is 6.40. The Balaban J connectivity index is 1.40. The van der Waals surface area contributed by atoms with Crippen LogP contribution in [0, 0.1) is 6.92 Å². The minimum absolute atomic E-state index is 0.142. The number of benzene rings is 1. The van der Waals surface area contributed by atoms with Crippen LogP contribution in [-0.2, 0) is 15.8 Å². The number of para-hydroxylation sites is 1. The van der Waals surface area contributed by atoms with Crippen LogP contribution in [0.25, 0.3) is 0 Å². The summed E-state index contributed by atoms with van der Waals surface area (Å²) in [6, 6.07) is 9.53. The molecule has 164 valence electrons. The van der Waals surface area contributed by atoms with Gasteiger partial charge >= 0.3 is 0 Å². The van der Waals surface area contributed by atoms with Gasteiger partial charge in [-0.25, -0.2) is 8.42 Å². The van der Waals surface area contributed by atoms with E-state index in [2.05, 4.69) is 20.4 Å². The predicted molar refractivity (Wildman–Crippen MR) is 115 cm³/mol. The summed E-state index contributed by atoms with van der Waals surface area (Å²) >= 11 is 0. The number of sulfonamides is 1. The average Bonchev–Trinajstić information content (AvgIpc) is 3.24. The number of ether oxygens (including phenoxy) is 1. The number of nitrogens with one attached hydrogen (secondary N) is 1. The fraction of sp³-hybridized carbons (Fsp3) is 0.500. The molecule has 0 aliphatic carbocycles. The van der Waals surface area contributed by atoms with Gasteiger partial charge in [-0.1, -0.05) is 23.4 Å². The van der Waals surface area contributed by atoms with E-state index >= 15 is 0 Å². The summed E-state index contributed by atoms with van der Waals surface area (Å²) in [6.45, 7) is 5.36. The van der Waals surface area contributed by atoms with Crippen LogP contribution in [0.5, 0.6) is 5.75 Å². The van der Waals surface area contributed by atoms with E-state index in [0.29, 0.717) is 38.5 Å². The van der Waals surface area contributed by atoms with Crippen molar-refractivity contribution in [2.45, 2.75) is 19.1 Å². The van der Waals surface area contributed by atoms with Crippen LogP contribution in [0.2, 0.25) is 0 Å². The van der Waals surface area contributed by atoms with Gasteiger partial charge in [0.1, 0.15) is 17.8 Å². The molecular formula is C20H29N5O4S. The molecule has 1 saturated heterocycles. The molecule has 0 radical (unpaired) electrons. The van der Waals surface area contributed by atoms with Gasteiger partial charge in [0.2, 0.25) is 10.0 Å². The number of piperazine rings is 1. The van der Waals surface area contributed by atoms with Gasteiger partial charge < -0.3 is 19.5 Å². The Morgan fingerprint density at radius 3 is 2.67 bits per heavy atom. The maximum absolute atomic E-state index is 12.5. The van der Waals surface area contributed by atoms with Gasteiger partial charge in [0.05, 0.1) is 12.3 Å². The number of aromatic nitrogens is 1. The summed E-state index contributed by atoms with van der Waals surface area (Å²) < 4.78 is 37.1. The van der Waals surface area contributed by atoms with E-state index in [4.69, 9.17) is 9.26 Å². The fourth-order valence-corrected chi connectivity index (χ4v) is 4.70. The molecule has 9 nitrogen and oxygen atoms in total. The molecule has 0 bridgehead atoms. The van der Waals surface area contributed by atoms with E-state index < -0.39 is 10.0 Å². The molecule has 0 saturated carbocycles. The molecule has 10 heteroatoms. The first-order valence-corrected chi connectivity index (χ1v) is 11.6. The highest BCUT2D eigenvalue weighted by molar-refractivity contribution is 7.88. The third-order valence-electron chi connectivity index (χ3n) is 4.92. The molecule has 2 aromatic rings. The molecule has 0 amide bonds. The van der Waals surface area contributed by atoms with Crippen molar-refractivity contribution in [3.63, 3.8) is 0 Å². The number of aryl methyl sites for hydroxylation is 1. The highest BCUT2D eigenvalue weighted by atomic mass is 32.2. The molecular weight excluding hydrogens is 406 g/mol. The number of hydrogen-bond donors (Lipinski definition) is 1. The summed E-state index contributed by atoms with van der Waals surface area (Å²) in [5.74, 6) is 1.54. The minimum atomic E-state index is -3.41. The Morgan fingerprint density at radius 2 is 2.00 bits per heavy atom. The van der Waals surface area contributed by atoms with Gasteiger partial charge in [-0.05, 0) is 25.0 Å². The zero-order valence-corrected chi connectivity index (χ0v) is 18.3. The second-order valence-electron chi connectivity index (χ2n) is 7.07. The summed E-state index contributed by atoms with van der Waals surface area (Å²) in [7, 11) is -1.67. The molecule has 1 aliphatic rings. The topological polar surface area (TPSA) is 100 Å². The molecule has 2 heterocycles. The fourth-order valence-electron chi connectivity index (χ4n) is 3.27. The van der Waals surface area contributed by atoms with E-state index in [-0.39, 0.29) is 5.75 Å². The van der Waals surface area contributed by atoms with E-state index in [1.54, 1.807) is 13.1 Å². The Bertz CT molecular complexity index is 922. The standard InChI is InChI=1S/C20H29N5O4S/c1-17-6-3-4-7-19(17)28-14-5-9-22-20(21-2)24-10-12-25(13-11-24)30(26,27)16-18-8-15-29-23-18/h3-4,6-8,15H,5,9-14,16H2,1-2H3,(H,21,22). The Labute approximate surface area is 177 Å². The van der Waals surface area contributed by atoms with Gasteiger partial charge in [-0.15, -0.1) is 0 Å². The Hall–Kier alpha value is -2.59. The summed E-state index contributed by atoms with van der Waals surface area (Å²) in [5.41, 5.74) is 1.54. The largest absolute Gasteiger partial charge is 0.493 e. The van der Waals surface area contributed by atoms with Crippen LogP contribution in [0.1, 0.15) is 17.7 Å². The second-order valence-corrected chi connectivity index (χ2v) is 9.04. The molecule has 1 N–H and O–H groups in total. The molecule has 0 unspecified atom stereocenters. The van der Waals surface area contributed by atoms with Crippen molar-refractivity contribution in [2.24, 2.45) is 4.99 Å². The number of aliphatic imine (C=N–C) groups is 1. The smallest absolute Gasteiger partial charge is 0.220 e. The van der Waals surface area contributed by atoms with Crippen molar-refractivity contribution in [1.29, 1.82) is 0 Å². The zero-order chi connectivity index (χ0) is 21.4. The first-order chi connectivity index (χ1) is 14.5. The van der Waals surface area contributed by atoms with Gasteiger partial charge in [0, 0.05) is 45.8 Å². The molecule has 0 atom stereocenters. The molecule has 1 fully saturated rings. The number of rotatable bonds is 8. The highest BCUT2D eigenvalue weighted by Gasteiger charge is 2.28. The van der Waals surface area contributed by atoms with E-state index in [1.165, 1.54) is 10.6 Å². The third-order valence-corrected chi connectivity index (χ3v) is 6.73. The van der Waals surface area contributed by atoms with Crippen LogP contribution in [0.15, 0.2) is 46.1 Å². The average molecular weight is 436 g/mol. The third kappa shape index (κ3) is 5.96. The monoisotopic (exact) mass is 435 g/mol. The lowest BCUT2D eigenvalue weighted by atomic mass is 10.2. The molecule has 3 rings (SSSR count). The maximum Gasteiger partial charge on any atom is 0.220 e. The van der Waals surface area contributed by atoms with Crippen molar-refractivity contribution in [3.8, 4) is 5.75 Å². The van der Waals surface area contributed by atoms with Crippen LogP contribution in [0.3, 0.4) is 0 Å². The van der Waals surface area contributed by atoms with E-state index in [1.807, 2.05) is 31.2 Å². The van der Waals surface area contributed by atoms with Crippen molar-refractivity contribution < 1.29 is 17.7 Å². The Morgan fingerprint density at radius 1 is 1.23 bits per heavy atom. The molecule has 1 aliphatic heterocycles. The second kappa shape index (κ2) is 10.4. The van der Waals surface area contributed by atoms with E-state index in [9.17, 15) is 8.42 Å². The molecule has 30 heavy (non-hydrogen) atoms. The first kappa shape index (κ1) is 22.1. The SMILES string of the molecule is CN=C(NCCCOc1ccccc1C)N1CCN(S(=O)(=O)Cc2ccon2)CC1. The lowest BCUT2D eigenvalue weighted by molar-refractivity contribution is 0.258. The number of hydrogen-bond acceptors (Lipinski definition) is 6. The van der Waals surface area contributed by atoms with Gasteiger partial charge in [0.15, 0.2) is 5.96 Å². The van der Waals surface area contributed by atoms with Crippen LogP contribution in [-0.4, -0.2) is 75.1 Å². The lowest BCUT2D eigenvalue weighted by Gasteiger charge is -2.35. The molecule has 0 spiro atoms. The van der Waals surface area contributed by atoms with Crippen molar-refractivity contribution in [1.82, 2.24) is 19.7 Å². The Kier molecular flexibility index (Phi) is 7.69. The summed E-state index contributed by atoms with van der Waals surface area (Å²) in [5, 5.41) is 7.03. The van der Waals surface area contributed by atoms with Gasteiger partial charge in [-0.3, -0.25) is 4.99 Å². The molecule has 1 aromatic heterocycles. The van der Waals surface area contributed by atoms with Crippen molar-refractivity contribution in [3.05, 3.63) is 47.9 Å². The van der Waals surface area contributed by atoms with E-state index in [0.717, 1.165) is 30.2 Å². The number of nitrogens with zero attached hydrogens (tertiary/aromatic N) is 4. The quantitative estimate of drug-likeness (QED) is 0.381. The maximum atomic E-state index is 12.5. The number of guanidine groups is 1. The van der Waals surface area contributed by atoms with Crippen LogP contribution < -0.4 is 10.1 Å². The van der Waals surface area contributed by atoms with Crippen LogP contribution in [0.4, 0.5) is 0 Å². The predicted octanol–water partition coefficient (Wildman–Crippen LogP) is 1.47. The zero-order valence-electron chi connectivity index (χ0n) is 17.5. The van der Waals surface area contributed by atoms with Gasteiger partial charge in [0.25, 0.3) is 0 Å². The molecule has 1 aromatic carbocycles. The first-order valence-electron chi connectivity index (χ1n) is 10.0. The van der Waals surface area contributed by atoms with Crippen LogP contribution >= 0.6 is 0 Å². The van der Waals surface area contributed by atoms with Crippen molar-refractivity contribution >= 4 is 16.0 Å².